The summed E-state index contributed by atoms with van der Waals surface area (Å²) in [5, 5.41) is 3.28. The molecule has 0 aromatic heterocycles. The van der Waals surface area contributed by atoms with Crippen LogP contribution in [0.3, 0.4) is 0 Å². The molecule has 18 heavy (non-hydrogen) atoms. The van der Waals surface area contributed by atoms with Crippen molar-refractivity contribution in [3.05, 3.63) is 29.8 Å². The molecule has 4 heteroatoms. The molecule has 0 unspecified atom stereocenters. The maximum Gasteiger partial charge on any atom is 0.119 e. The molecule has 102 valence electrons. The SMILES string of the molecule is COCCNCCCOCc1cccc(OC)c1. The van der Waals surface area contributed by atoms with Gasteiger partial charge in [0, 0.05) is 20.3 Å². The molecule has 1 rings (SSSR count). The van der Waals surface area contributed by atoms with E-state index in [2.05, 4.69) is 5.32 Å². The molecule has 1 aromatic rings. The Morgan fingerprint density at radius 1 is 1.11 bits per heavy atom. The van der Waals surface area contributed by atoms with Crippen LogP contribution in [0.25, 0.3) is 0 Å². The van der Waals surface area contributed by atoms with Gasteiger partial charge in [-0.2, -0.15) is 0 Å². The summed E-state index contributed by atoms with van der Waals surface area (Å²) >= 11 is 0. The van der Waals surface area contributed by atoms with Gasteiger partial charge in [-0.1, -0.05) is 12.1 Å². The molecular formula is C14H23NO3. The zero-order valence-corrected chi connectivity index (χ0v) is 11.3. The Morgan fingerprint density at radius 3 is 2.78 bits per heavy atom. The molecule has 0 aliphatic carbocycles. The highest BCUT2D eigenvalue weighted by atomic mass is 16.5. The zero-order valence-electron chi connectivity index (χ0n) is 11.3. The van der Waals surface area contributed by atoms with E-state index >= 15 is 0 Å². The first kappa shape index (κ1) is 15.0. The first-order valence-electron chi connectivity index (χ1n) is 6.27. The molecule has 0 amide bonds. The number of hydrogen-bond acceptors (Lipinski definition) is 4. The molecule has 0 saturated carbocycles. The van der Waals surface area contributed by atoms with E-state index in [1.165, 1.54) is 0 Å². The summed E-state index contributed by atoms with van der Waals surface area (Å²) < 4.78 is 15.7. The number of methoxy groups -OCH3 is 2. The van der Waals surface area contributed by atoms with Gasteiger partial charge in [0.25, 0.3) is 0 Å². The van der Waals surface area contributed by atoms with E-state index in [1.807, 2.05) is 24.3 Å². The van der Waals surface area contributed by atoms with Crippen LogP contribution in [0, 0.1) is 0 Å². The van der Waals surface area contributed by atoms with Gasteiger partial charge in [0.15, 0.2) is 0 Å². The predicted octanol–water partition coefficient (Wildman–Crippen LogP) is 1.84. The van der Waals surface area contributed by atoms with Gasteiger partial charge in [-0.05, 0) is 30.7 Å². The Bertz CT molecular complexity index is 318. The average molecular weight is 253 g/mol. The fourth-order valence-electron chi connectivity index (χ4n) is 1.55. The van der Waals surface area contributed by atoms with E-state index in [4.69, 9.17) is 14.2 Å². The van der Waals surface area contributed by atoms with Crippen LogP contribution >= 0.6 is 0 Å². The minimum Gasteiger partial charge on any atom is -0.497 e. The maximum absolute atomic E-state index is 5.60. The van der Waals surface area contributed by atoms with Crippen molar-refractivity contribution in [2.45, 2.75) is 13.0 Å². The minimum absolute atomic E-state index is 0.634. The average Bonchev–Trinajstić information content (AvgIpc) is 2.42. The van der Waals surface area contributed by atoms with Crippen LogP contribution in [0.2, 0.25) is 0 Å². The predicted molar refractivity (Wildman–Crippen MR) is 72.0 cm³/mol. The van der Waals surface area contributed by atoms with Gasteiger partial charge >= 0.3 is 0 Å². The quantitative estimate of drug-likeness (QED) is 0.646. The molecule has 0 bridgehead atoms. The Balaban J connectivity index is 2.03. The number of benzene rings is 1. The van der Waals surface area contributed by atoms with Gasteiger partial charge in [-0.3, -0.25) is 0 Å². The summed E-state index contributed by atoms with van der Waals surface area (Å²) in [4.78, 5) is 0. The topological polar surface area (TPSA) is 39.7 Å². The smallest absolute Gasteiger partial charge is 0.119 e. The number of ether oxygens (including phenoxy) is 3. The van der Waals surface area contributed by atoms with Crippen LogP contribution in [-0.2, 0) is 16.1 Å². The zero-order chi connectivity index (χ0) is 13.1. The van der Waals surface area contributed by atoms with Crippen LogP contribution in [0.1, 0.15) is 12.0 Å². The Labute approximate surface area is 109 Å². The van der Waals surface area contributed by atoms with Gasteiger partial charge in [0.1, 0.15) is 5.75 Å². The van der Waals surface area contributed by atoms with Crippen molar-refractivity contribution >= 4 is 0 Å². The molecule has 1 N–H and O–H groups in total. The summed E-state index contributed by atoms with van der Waals surface area (Å²) in [5.41, 5.74) is 1.14. The van der Waals surface area contributed by atoms with Gasteiger partial charge in [0.05, 0.1) is 20.3 Å². The van der Waals surface area contributed by atoms with E-state index in [0.717, 1.165) is 44.0 Å². The third-order valence-corrected chi connectivity index (χ3v) is 2.53. The molecule has 1 aromatic carbocycles. The molecule has 0 aliphatic heterocycles. The first-order chi connectivity index (χ1) is 8.86. The van der Waals surface area contributed by atoms with E-state index in [0.29, 0.717) is 6.61 Å². The molecule has 0 spiro atoms. The second-order valence-electron chi connectivity index (χ2n) is 4.00. The molecule has 0 heterocycles. The Hall–Kier alpha value is -1.10. The summed E-state index contributed by atoms with van der Waals surface area (Å²) in [5.74, 6) is 0.873. The Morgan fingerprint density at radius 2 is 2.00 bits per heavy atom. The monoisotopic (exact) mass is 253 g/mol. The van der Waals surface area contributed by atoms with Crippen molar-refractivity contribution in [3.63, 3.8) is 0 Å². The summed E-state index contributed by atoms with van der Waals surface area (Å²) in [6, 6.07) is 7.95. The van der Waals surface area contributed by atoms with Crippen molar-refractivity contribution in [2.24, 2.45) is 0 Å². The summed E-state index contributed by atoms with van der Waals surface area (Å²) in [7, 11) is 3.38. The van der Waals surface area contributed by atoms with Gasteiger partial charge < -0.3 is 19.5 Å². The van der Waals surface area contributed by atoms with Crippen LogP contribution in [0.4, 0.5) is 0 Å². The number of hydrogen-bond donors (Lipinski definition) is 1. The van der Waals surface area contributed by atoms with E-state index < -0.39 is 0 Å². The van der Waals surface area contributed by atoms with Crippen molar-refractivity contribution in [1.29, 1.82) is 0 Å². The lowest BCUT2D eigenvalue weighted by atomic mass is 10.2. The van der Waals surface area contributed by atoms with Crippen molar-refractivity contribution in [3.8, 4) is 5.75 Å². The molecule has 0 fully saturated rings. The van der Waals surface area contributed by atoms with E-state index in [9.17, 15) is 0 Å². The lowest BCUT2D eigenvalue weighted by Gasteiger charge is -2.07. The standard InChI is InChI=1S/C14H23NO3/c1-16-10-8-15-7-4-9-18-12-13-5-3-6-14(11-13)17-2/h3,5-6,11,15H,4,7-10,12H2,1-2H3. The molecule has 0 saturated heterocycles. The van der Waals surface area contributed by atoms with Gasteiger partial charge in [-0.25, -0.2) is 0 Å². The van der Waals surface area contributed by atoms with Crippen LogP contribution in [0.15, 0.2) is 24.3 Å². The largest absolute Gasteiger partial charge is 0.497 e. The third kappa shape index (κ3) is 6.59. The summed E-state index contributed by atoms with van der Waals surface area (Å²) in [6.45, 7) is 4.00. The van der Waals surface area contributed by atoms with Crippen LogP contribution in [-0.4, -0.2) is 40.5 Å². The molecular weight excluding hydrogens is 230 g/mol. The van der Waals surface area contributed by atoms with E-state index in [1.54, 1.807) is 14.2 Å². The molecule has 0 radical (unpaired) electrons. The molecule has 0 aliphatic rings. The highest BCUT2D eigenvalue weighted by Crippen LogP contribution is 2.13. The highest BCUT2D eigenvalue weighted by Gasteiger charge is 1.96. The lowest BCUT2D eigenvalue weighted by Crippen LogP contribution is -2.21. The fourth-order valence-corrected chi connectivity index (χ4v) is 1.55. The fraction of sp³-hybridized carbons (Fsp3) is 0.571. The highest BCUT2D eigenvalue weighted by molar-refractivity contribution is 5.27. The van der Waals surface area contributed by atoms with Gasteiger partial charge in [-0.15, -0.1) is 0 Å². The first-order valence-corrected chi connectivity index (χ1v) is 6.27. The lowest BCUT2D eigenvalue weighted by molar-refractivity contribution is 0.117. The molecule has 0 atom stereocenters. The normalized spacial score (nSPS) is 10.6. The van der Waals surface area contributed by atoms with Gasteiger partial charge in [0.2, 0.25) is 0 Å². The van der Waals surface area contributed by atoms with Crippen molar-refractivity contribution in [2.75, 3.05) is 40.5 Å². The van der Waals surface area contributed by atoms with Crippen LogP contribution < -0.4 is 10.1 Å². The van der Waals surface area contributed by atoms with Crippen LogP contribution in [0.5, 0.6) is 5.75 Å². The second-order valence-corrected chi connectivity index (χ2v) is 4.00. The summed E-state index contributed by atoms with van der Waals surface area (Å²) in [6.07, 6.45) is 1.01. The van der Waals surface area contributed by atoms with Crippen molar-refractivity contribution < 1.29 is 14.2 Å². The van der Waals surface area contributed by atoms with Crippen molar-refractivity contribution in [1.82, 2.24) is 5.32 Å². The third-order valence-electron chi connectivity index (χ3n) is 2.53. The maximum atomic E-state index is 5.60. The number of rotatable bonds is 10. The minimum atomic E-state index is 0.634. The van der Waals surface area contributed by atoms with E-state index in [-0.39, 0.29) is 0 Å². The second kappa shape index (κ2) is 9.88. The Kier molecular flexibility index (Phi) is 8.21. The molecule has 4 nitrogen and oxygen atoms in total. The number of nitrogens with one attached hydrogen (secondary N) is 1.